The van der Waals surface area contributed by atoms with E-state index >= 15 is 0 Å². The molecule has 18 heavy (non-hydrogen) atoms. The summed E-state index contributed by atoms with van der Waals surface area (Å²) in [4.78, 5) is 14.5. The molecule has 0 fully saturated rings. The molecule has 0 amide bonds. The van der Waals surface area contributed by atoms with E-state index in [4.69, 9.17) is 0 Å². The molecule has 0 bridgehead atoms. The number of hydrogen-bond donors (Lipinski definition) is 0. The van der Waals surface area contributed by atoms with Gasteiger partial charge in [-0.2, -0.15) is 0 Å². The zero-order valence-electron chi connectivity index (χ0n) is 11.9. The van der Waals surface area contributed by atoms with Crippen molar-refractivity contribution in [1.82, 2.24) is 9.55 Å². The van der Waals surface area contributed by atoms with Crippen LogP contribution in [0.4, 0.5) is 0 Å². The van der Waals surface area contributed by atoms with E-state index in [0.717, 1.165) is 11.9 Å². The van der Waals surface area contributed by atoms with Crippen molar-refractivity contribution < 1.29 is 4.79 Å². The lowest BCUT2D eigenvalue weighted by molar-refractivity contribution is 0.111. The summed E-state index contributed by atoms with van der Waals surface area (Å²) in [6.07, 6.45) is 9.19. The van der Waals surface area contributed by atoms with E-state index in [-0.39, 0.29) is 0 Å². The number of carbonyl (C=O) groups is 1. The second-order valence-electron chi connectivity index (χ2n) is 2.75. The van der Waals surface area contributed by atoms with Crippen LogP contribution in [0.25, 0.3) is 0 Å². The minimum absolute atomic E-state index is 0.557. The molecule has 1 aromatic heterocycles. The van der Waals surface area contributed by atoms with E-state index in [2.05, 4.69) is 18.1 Å². The van der Waals surface area contributed by atoms with Gasteiger partial charge >= 0.3 is 0 Å². The van der Waals surface area contributed by atoms with Crippen molar-refractivity contribution in [1.29, 1.82) is 0 Å². The third kappa shape index (κ3) is 6.63. The second-order valence-corrected chi connectivity index (χ2v) is 2.75. The number of nitrogens with zero attached hydrogens (tertiary/aromatic N) is 2. The number of rotatable bonds is 5. The van der Waals surface area contributed by atoms with Gasteiger partial charge in [-0.3, -0.25) is 4.79 Å². The largest absolute Gasteiger partial charge is 0.324 e. The second kappa shape index (κ2) is 13.2. The maximum atomic E-state index is 10.6. The predicted molar refractivity (Wildman–Crippen MR) is 78.8 cm³/mol. The van der Waals surface area contributed by atoms with Crippen molar-refractivity contribution in [2.24, 2.45) is 0 Å². The highest BCUT2D eigenvalue weighted by Crippen LogP contribution is 2.04. The summed E-state index contributed by atoms with van der Waals surface area (Å²) in [5.74, 6) is 0. The van der Waals surface area contributed by atoms with Crippen LogP contribution in [-0.4, -0.2) is 15.8 Å². The van der Waals surface area contributed by atoms with E-state index in [9.17, 15) is 4.79 Å². The van der Waals surface area contributed by atoms with Crippen molar-refractivity contribution in [3.05, 3.63) is 55.2 Å². The van der Waals surface area contributed by atoms with Crippen molar-refractivity contribution >= 4 is 6.29 Å². The first-order valence-corrected chi connectivity index (χ1v) is 6.21. The van der Waals surface area contributed by atoms with Crippen molar-refractivity contribution in [2.45, 2.75) is 34.2 Å². The highest BCUT2D eigenvalue weighted by molar-refractivity contribution is 5.71. The lowest BCUT2D eigenvalue weighted by Gasteiger charge is -2.03. The summed E-state index contributed by atoms with van der Waals surface area (Å²) >= 11 is 0. The Bertz CT molecular complexity index is 376. The number of aromatic nitrogens is 2. The molecule has 0 N–H and O–H groups in total. The Balaban J connectivity index is 0. The molecule has 1 heterocycles. The minimum Gasteiger partial charge on any atom is -0.324 e. The van der Waals surface area contributed by atoms with Gasteiger partial charge < -0.3 is 4.57 Å². The van der Waals surface area contributed by atoms with Crippen LogP contribution in [0.2, 0.25) is 0 Å². The Morgan fingerprint density at radius 2 is 1.94 bits per heavy atom. The quantitative estimate of drug-likeness (QED) is 0.582. The number of allylic oxidation sites excluding steroid dienone is 4. The molecule has 0 saturated heterocycles. The molecule has 1 rings (SSSR count). The molecule has 1 aromatic rings. The normalized spacial score (nSPS) is 9.22. The molecule has 3 heteroatoms. The molecular weight excluding hydrogens is 224 g/mol. The molecule has 0 aliphatic carbocycles. The summed E-state index contributed by atoms with van der Waals surface area (Å²) < 4.78 is 1.75. The molecule has 0 aromatic carbocycles. The summed E-state index contributed by atoms with van der Waals surface area (Å²) in [6, 6.07) is 0. The first-order chi connectivity index (χ1) is 8.81. The monoisotopic (exact) mass is 248 g/mol. The number of imidazole rings is 1. The average molecular weight is 248 g/mol. The maximum absolute atomic E-state index is 10.6. The molecule has 0 unspecified atom stereocenters. The third-order valence-corrected chi connectivity index (χ3v) is 1.81. The van der Waals surface area contributed by atoms with Crippen LogP contribution >= 0.6 is 0 Å². The van der Waals surface area contributed by atoms with Gasteiger partial charge in [0.2, 0.25) is 0 Å². The lowest BCUT2D eigenvalue weighted by Crippen LogP contribution is -2.02. The standard InChI is InChI=1S/C11H12N2O.2C2H6/c1-3-5-10(4-2)7-13-9-12-6-11(13)8-14;2*1-2/h3-6,8-9H,1-2,7H2;2*1-2H3/b10-5+;;. The Morgan fingerprint density at radius 3 is 2.39 bits per heavy atom. The Hall–Kier alpha value is -1.90. The van der Waals surface area contributed by atoms with E-state index < -0.39 is 0 Å². The van der Waals surface area contributed by atoms with Gasteiger partial charge in [0.15, 0.2) is 6.29 Å². The molecule has 3 nitrogen and oxygen atoms in total. The highest BCUT2D eigenvalue weighted by atomic mass is 16.1. The molecule has 0 radical (unpaired) electrons. The maximum Gasteiger partial charge on any atom is 0.168 e. The van der Waals surface area contributed by atoms with E-state index in [0.29, 0.717) is 12.2 Å². The average Bonchev–Trinajstić information content (AvgIpc) is 2.90. The minimum atomic E-state index is 0.557. The van der Waals surface area contributed by atoms with Crippen LogP contribution in [0.5, 0.6) is 0 Å². The van der Waals surface area contributed by atoms with Crippen molar-refractivity contribution in [2.75, 3.05) is 0 Å². The van der Waals surface area contributed by atoms with Crippen LogP contribution in [0, 0.1) is 0 Å². The lowest BCUT2D eigenvalue weighted by atomic mass is 10.2. The predicted octanol–water partition coefficient (Wildman–Crippen LogP) is 4.05. The molecule has 0 aliphatic rings. The van der Waals surface area contributed by atoms with Crippen LogP contribution in [0.15, 0.2) is 49.5 Å². The first-order valence-electron chi connectivity index (χ1n) is 6.21. The molecule has 0 atom stereocenters. The fraction of sp³-hybridized carbons (Fsp3) is 0.333. The fourth-order valence-electron chi connectivity index (χ4n) is 1.09. The van der Waals surface area contributed by atoms with Gasteiger partial charge in [0.1, 0.15) is 5.69 Å². The summed E-state index contributed by atoms with van der Waals surface area (Å²) in [5, 5.41) is 0. The first kappa shape index (κ1) is 18.5. The Kier molecular flexibility index (Phi) is 13.5. The van der Waals surface area contributed by atoms with Gasteiger partial charge in [-0.1, -0.05) is 59.1 Å². The fourth-order valence-corrected chi connectivity index (χ4v) is 1.09. The third-order valence-electron chi connectivity index (χ3n) is 1.81. The van der Waals surface area contributed by atoms with Gasteiger partial charge in [-0.15, -0.1) is 0 Å². The Morgan fingerprint density at radius 1 is 1.33 bits per heavy atom. The summed E-state index contributed by atoms with van der Waals surface area (Å²) in [6.45, 7) is 15.9. The Labute approximate surface area is 111 Å². The molecule has 0 aliphatic heterocycles. The zero-order chi connectivity index (χ0) is 14.4. The van der Waals surface area contributed by atoms with Gasteiger partial charge in [0, 0.05) is 6.54 Å². The van der Waals surface area contributed by atoms with Crippen molar-refractivity contribution in [3.63, 3.8) is 0 Å². The number of aldehydes is 1. The molecular formula is C15H24N2O. The zero-order valence-corrected chi connectivity index (χ0v) is 11.9. The van der Waals surface area contributed by atoms with Crippen LogP contribution < -0.4 is 0 Å². The molecule has 100 valence electrons. The van der Waals surface area contributed by atoms with Gasteiger partial charge in [-0.05, 0) is 5.57 Å². The van der Waals surface area contributed by atoms with Gasteiger partial charge in [-0.25, -0.2) is 4.98 Å². The SMILES string of the molecule is C=C/C=C(\C=C)Cn1cncc1C=O.CC.CC. The summed E-state index contributed by atoms with van der Waals surface area (Å²) in [5.41, 5.74) is 1.54. The van der Waals surface area contributed by atoms with E-state index in [1.807, 2.05) is 33.8 Å². The van der Waals surface area contributed by atoms with Gasteiger partial charge in [0.05, 0.1) is 12.5 Å². The van der Waals surface area contributed by atoms with E-state index in [1.165, 1.54) is 6.20 Å². The highest BCUT2D eigenvalue weighted by Gasteiger charge is 2.00. The number of carbonyl (C=O) groups excluding carboxylic acids is 1. The van der Waals surface area contributed by atoms with Crippen LogP contribution in [-0.2, 0) is 6.54 Å². The van der Waals surface area contributed by atoms with Gasteiger partial charge in [0.25, 0.3) is 0 Å². The van der Waals surface area contributed by atoms with E-state index in [1.54, 1.807) is 23.0 Å². The van der Waals surface area contributed by atoms with Crippen molar-refractivity contribution in [3.8, 4) is 0 Å². The van der Waals surface area contributed by atoms with Crippen LogP contribution in [0.3, 0.4) is 0 Å². The van der Waals surface area contributed by atoms with Crippen LogP contribution in [0.1, 0.15) is 38.2 Å². The summed E-state index contributed by atoms with van der Waals surface area (Å²) in [7, 11) is 0. The molecule has 0 saturated carbocycles. The topological polar surface area (TPSA) is 34.9 Å². The molecule has 0 spiro atoms. The number of hydrogen-bond acceptors (Lipinski definition) is 2. The smallest absolute Gasteiger partial charge is 0.168 e.